The lowest BCUT2D eigenvalue weighted by Crippen LogP contribution is -2.47. The van der Waals surface area contributed by atoms with Crippen LogP contribution in [0.25, 0.3) is 0 Å². The monoisotopic (exact) mass is 280 g/mol. The Balaban J connectivity index is 1.99. The summed E-state index contributed by atoms with van der Waals surface area (Å²) in [6, 6.07) is 2.08. The van der Waals surface area contributed by atoms with Gasteiger partial charge in [-0.05, 0) is 44.2 Å². The van der Waals surface area contributed by atoms with Gasteiger partial charge in [-0.25, -0.2) is 4.39 Å². The molecule has 1 aromatic heterocycles. The van der Waals surface area contributed by atoms with Gasteiger partial charge in [0.15, 0.2) is 0 Å². The van der Waals surface area contributed by atoms with Gasteiger partial charge in [0.25, 0.3) is 0 Å². The van der Waals surface area contributed by atoms with Crippen LogP contribution in [-0.2, 0) is 4.74 Å². The molecule has 2 atom stereocenters. The fourth-order valence-corrected chi connectivity index (χ4v) is 3.03. The van der Waals surface area contributed by atoms with Crippen LogP contribution in [0.4, 0.5) is 4.39 Å². The third kappa shape index (κ3) is 3.55. The minimum absolute atomic E-state index is 0.00975. The van der Waals surface area contributed by atoms with Gasteiger partial charge in [0.05, 0.1) is 11.8 Å². The number of pyridine rings is 1. The Morgan fingerprint density at radius 2 is 2.20 bits per heavy atom. The van der Waals surface area contributed by atoms with Crippen LogP contribution in [0.1, 0.15) is 58.1 Å². The number of rotatable bonds is 5. The number of halogens is 1. The second-order valence-corrected chi connectivity index (χ2v) is 5.75. The highest BCUT2D eigenvalue weighted by molar-refractivity contribution is 5.14. The molecule has 0 amide bonds. The summed E-state index contributed by atoms with van der Waals surface area (Å²) in [6.07, 6.45) is 7.08. The first-order valence-electron chi connectivity index (χ1n) is 7.59. The molecule has 0 saturated carbocycles. The molecule has 20 heavy (non-hydrogen) atoms. The minimum Gasteiger partial charge on any atom is -0.375 e. The first-order chi connectivity index (χ1) is 9.58. The van der Waals surface area contributed by atoms with Crippen LogP contribution in [0.2, 0.25) is 0 Å². The summed E-state index contributed by atoms with van der Waals surface area (Å²) in [5, 5.41) is 3.60. The topological polar surface area (TPSA) is 34.2 Å². The zero-order valence-electron chi connectivity index (χ0n) is 12.7. The number of nitrogens with zero attached hydrogens (tertiary/aromatic N) is 1. The van der Waals surface area contributed by atoms with E-state index in [1.165, 1.54) is 6.20 Å². The number of nitrogens with one attached hydrogen (secondary N) is 1. The molecular weight excluding hydrogens is 255 g/mol. The van der Waals surface area contributed by atoms with E-state index in [4.69, 9.17) is 4.74 Å². The van der Waals surface area contributed by atoms with Gasteiger partial charge in [-0.3, -0.25) is 4.98 Å². The van der Waals surface area contributed by atoms with E-state index in [9.17, 15) is 4.39 Å². The molecule has 112 valence electrons. The van der Waals surface area contributed by atoms with Crippen molar-refractivity contribution in [2.24, 2.45) is 0 Å². The molecule has 1 N–H and O–H groups in total. The second kappa shape index (κ2) is 6.64. The maximum absolute atomic E-state index is 13.2. The normalized spacial score (nSPS) is 23.5. The molecule has 4 heteroatoms. The fraction of sp³-hybridized carbons (Fsp3) is 0.688. The number of hydrogen-bond donors (Lipinski definition) is 1. The lowest BCUT2D eigenvalue weighted by atomic mass is 9.85. The lowest BCUT2D eigenvalue weighted by molar-refractivity contribution is -0.0939. The van der Waals surface area contributed by atoms with Gasteiger partial charge in [0, 0.05) is 24.9 Å². The molecule has 0 bridgehead atoms. The van der Waals surface area contributed by atoms with Crippen LogP contribution < -0.4 is 5.32 Å². The van der Waals surface area contributed by atoms with Crippen LogP contribution in [0.5, 0.6) is 0 Å². The van der Waals surface area contributed by atoms with Crippen LogP contribution >= 0.6 is 0 Å². The molecule has 1 saturated heterocycles. The molecule has 2 unspecified atom stereocenters. The standard InChI is InChI=1S/C16H25FN2O/c1-4-16(5-2)9-15(6-7-20-16)19-12(3)13-8-14(17)11-18-10-13/h8,10-12,15,19H,4-7,9H2,1-3H3. The van der Waals surface area contributed by atoms with Crippen molar-refractivity contribution >= 4 is 0 Å². The highest BCUT2D eigenvalue weighted by atomic mass is 19.1. The van der Waals surface area contributed by atoms with Crippen molar-refractivity contribution in [1.29, 1.82) is 0 Å². The van der Waals surface area contributed by atoms with Crippen LogP contribution in [0, 0.1) is 5.82 Å². The van der Waals surface area contributed by atoms with E-state index in [1.54, 1.807) is 12.3 Å². The molecule has 1 aliphatic heterocycles. The predicted octanol–water partition coefficient (Wildman–Crippen LogP) is 3.61. The van der Waals surface area contributed by atoms with E-state index >= 15 is 0 Å². The lowest BCUT2D eigenvalue weighted by Gasteiger charge is -2.41. The third-order valence-corrected chi connectivity index (χ3v) is 4.49. The van der Waals surface area contributed by atoms with Gasteiger partial charge in [0.1, 0.15) is 5.82 Å². The van der Waals surface area contributed by atoms with Gasteiger partial charge < -0.3 is 10.1 Å². The maximum atomic E-state index is 13.2. The van der Waals surface area contributed by atoms with E-state index in [0.717, 1.165) is 37.9 Å². The van der Waals surface area contributed by atoms with Crippen molar-refractivity contribution in [2.45, 2.75) is 64.1 Å². The maximum Gasteiger partial charge on any atom is 0.141 e. The van der Waals surface area contributed by atoms with E-state index in [2.05, 4.69) is 31.1 Å². The summed E-state index contributed by atoms with van der Waals surface area (Å²) < 4.78 is 19.2. The molecule has 3 nitrogen and oxygen atoms in total. The second-order valence-electron chi connectivity index (χ2n) is 5.75. The van der Waals surface area contributed by atoms with E-state index in [-0.39, 0.29) is 17.5 Å². The van der Waals surface area contributed by atoms with Crippen LogP contribution in [0.3, 0.4) is 0 Å². The van der Waals surface area contributed by atoms with Gasteiger partial charge in [-0.15, -0.1) is 0 Å². The molecule has 0 radical (unpaired) electrons. The highest BCUT2D eigenvalue weighted by Crippen LogP contribution is 2.32. The van der Waals surface area contributed by atoms with E-state index < -0.39 is 0 Å². The summed E-state index contributed by atoms with van der Waals surface area (Å²) in [5.41, 5.74) is 0.908. The van der Waals surface area contributed by atoms with Gasteiger partial charge in [-0.2, -0.15) is 0 Å². The SMILES string of the molecule is CCC1(CC)CC(NC(C)c2cncc(F)c2)CCO1. The minimum atomic E-state index is -0.278. The van der Waals surface area contributed by atoms with Gasteiger partial charge in [-0.1, -0.05) is 13.8 Å². The summed E-state index contributed by atoms with van der Waals surface area (Å²) in [4.78, 5) is 3.92. The van der Waals surface area contributed by atoms with E-state index in [1.807, 2.05) is 0 Å². The van der Waals surface area contributed by atoms with Crippen molar-refractivity contribution < 1.29 is 9.13 Å². The van der Waals surface area contributed by atoms with E-state index in [0.29, 0.717) is 6.04 Å². The molecule has 0 spiro atoms. The quantitative estimate of drug-likeness (QED) is 0.894. The summed E-state index contributed by atoms with van der Waals surface area (Å²) in [5.74, 6) is -0.278. The zero-order valence-corrected chi connectivity index (χ0v) is 12.7. The van der Waals surface area contributed by atoms with Gasteiger partial charge in [0.2, 0.25) is 0 Å². The average molecular weight is 280 g/mol. The van der Waals surface area contributed by atoms with Crippen molar-refractivity contribution in [1.82, 2.24) is 10.3 Å². The number of aromatic nitrogens is 1. The van der Waals surface area contributed by atoms with Crippen molar-refractivity contribution in [3.05, 3.63) is 29.8 Å². The largest absolute Gasteiger partial charge is 0.375 e. The predicted molar refractivity (Wildman–Crippen MR) is 78.0 cm³/mol. The Bertz CT molecular complexity index is 434. The van der Waals surface area contributed by atoms with Crippen molar-refractivity contribution in [2.75, 3.05) is 6.61 Å². The first-order valence-corrected chi connectivity index (χ1v) is 7.59. The highest BCUT2D eigenvalue weighted by Gasteiger charge is 2.34. The van der Waals surface area contributed by atoms with Crippen molar-refractivity contribution in [3.8, 4) is 0 Å². The Morgan fingerprint density at radius 1 is 1.45 bits per heavy atom. The molecule has 0 aliphatic carbocycles. The summed E-state index contributed by atoms with van der Waals surface area (Å²) >= 11 is 0. The fourth-order valence-electron chi connectivity index (χ4n) is 3.03. The Morgan fingerprint density at radius 3 is 2.85 bits per heavy atom. The van der Waals surface area contributed by atoms with Crippen molar-refractivity contribution in [3.63, 3.8) is 0 Å². The van der Waals surface area contributed by atoms with Gasteiger partial charge >= 0.3 is 0 Å². The molecule has 2 heterocycles. The Labute approximate surface area is 120 Å². The number of ether oxygens (including phenoxy) is 1. The van der Waals surface area contributed by atoms with Crippen LogP contribution in [-0.4, -0.2) is 23.2 Å². The molecule has 1 aromatic rings. The molecule has 2 rings (SSSR count). The smallest absolute Gasteiger partial charge is 0.141 e. The summed E-state index contributed by atoms with van der Waals surface area (Å²) in [6.45, 7) is 7.23. The molecule has 1 fully saturated rings. The first kappa shape index (κ1) is 15.4. The Hall–Kier alpha value is -1.00. The molecule has 1 aliphatic rings. The average Bonchev–Trinajstić information content (AvgIpc) is 2.47. The third-order valence-electron chi connectivity index (χ3n) is 4.49. The molecule has 0 aromatic carbocycles. The Kier molecular flexibility index (Phi) is 5.11. The summed E-state index contributed by atoms with van der Waals surface area (Å²) in [7, 11) is 0. The molecular formula is C16H25FN2O. The zero-order chi connectivity index (χ0) is 14.6. The van der Waals surface area contributed by atoms with Crippen LogP contribution in [0.15, 0.2) is 18.5 Å². The number of hydrogen-bond acceptors (Lipinski definition) is 3.